The molecule has 7 heteroatoms. The highest BCUT2D eigenvalue weighted by atomic mass is 32.1. The van der Waals surface area contributed by atoms with Crippen molar-refractivity contribution in [1.82, 2.24) is 14.8 Å². The van der Waals surface area contributed by atoms with Gasteiger partial charge < -0.3 is 14.8 Å². The minimum absolute atomic E-state index is 0.0415. The van der Waals surface area contributed by atoms with Crippen LogP contribution in [0, 0.1) is 13.8 Å². The Morgan fingerprint density at radius 1 is 1.41 bits per heavy atom. The van der Waals surface area contributed by atoms with Crippen LogP contribution in [0.15, 0.2) is 29.0 Å². The zero-order valence-corrected chi connectivity index (χ0v) is 13.4. The van der Waals surface area contributed by atoms with Gasteiger partial charge in [-0.05, 0) is 19.9 Å². The minimum Gasteiger partial charge on any atom is -0.469 e. The first-order chi connectivity index (χ1) is 10.7. The van der Waals surface area contributed by atoms with Gasteiger partial charge in [-0.25, -0.2) is 9.67 Å². The van der Waals surface area contributed by atoms with E-state index in [-0.39, 0.29) is 6.61 Å². The van der Waals surface area contributed by atoms with Gasteiger partial charge in [0, 0.05) is 22.7 Å². The zero-order chi connectivity index (χ0) is 15.5. The Morgan fingerprint density at radius 3 is 2.91 bits per heavy atom. The topological polar surface area (TPSA) is 76.1 Å². The quantitative estimate of drug-likeness (QED) is 0.731. The lowest BCUT2D eigenvalue weighted by Gasteiger charge is -2.07. The van der Waals surface area contributed by atoms with E-state index in [4.69, 9.17) is 4.42 Å². The molecular formula is C15H18N4O2S. The number of hydrogen-bond donors (Lipinski definition) is 2. The summed E-state index contributed by atoms with van der Waals surface area (Å²) in [5.41, 5.74) is 1.80. The van der Waals surface area contributed by atoms with Crippen LogP contribution < -0.4 is 5.32 Å². The smallest absolute Gasteiger partial charge is 0.125 e. The maximum atomic E-state index is 9.21. The lowest BCUT2D eigenvalue weighted by Crippen LogP contribution is -2.09. The monoisotopic (exact) mass is 318 g/mol. The van der Waals surface area contributed by atoms with Gasteiger partial charge in [-0.15, -0.1) is 11.3 Å². The van der Waals surface area contributed by atoms with Gasteiger partial charge >= 0.3 is 0 Å². The van der Waals surface area contributed by atoms with Crippen molar-refractivity contribution in [2.45, 2.75) is 26.9 Å². The standard InChI is InChI=1S/C15H18N4O2S/c1-10-13(3-6-21-10)14-7-15(19(18-14)4-5-20)17-9-12-8-16-11(2)22-12/h3,6-8,17,20H,4-5,9H2,1-2H3. The molecule has 116 valence electrons. The van der Waals surface area contributed by atoms with Crippen LogP contribution >= 0.6 is 11.3 Å². The number of nitrogens with one attached hydrogen (secondary N) is 1. The molecule has 0 radical (unpaired) electrons. The number of aryl methyl sites for hydroxylation is 2. The van der Waals surface area contributed by atoms with E-state index in [1.165, 1.54) is 0 Å². The molecule has 0 amide bonds. The Morgan fingerprint density at radius 2 is 2.27 bits per heavy atom. The lowest BCUT2D eigenvalue weighted by molar-refractivity contribution is 0.270. The normalized spacial score (nSPS) is 11.0. The predicted octanol–water partition coefficient (Wildman–Crippen LogP) is 2.82. The third-order valence-corrected chi connectivity index (χ3v) is 4.25. The van der Waals surface area contributed by atoms with Gasteiger partial charge in [0.1, 0.15) is 11.6 Å². The van der Waals surface area contributed by atoms with Crippen LogP contribution in [0.4, 0.5) is 5.82 Å². The van der Waals surface area contributed by atoms with Gasteiger partial charge in [0.2, 0.25) is 0 Å². The van der Waals surface area contributed by atoms with Crippen LogP contribution in [0.25, 0.3) is 11.3 Å². The number of thiazole rings is 1. The average Bonchev–Trinajstić information content (AvgIpc) is 3.18. The van der Waals surface area contributed by atoms with Crippen molar-refractivity contribution < 1.29 is 9.52 Å². The van der Waals surface area contributed by atoms with E-state index < -0.39 is 0 Å². The van der Waals surface area contributed by atoms with Crippen LogP contribution in [0.5, 0.6) is 0 Å². The van der Waals surface area contributed by atoms with Gasteiger partial charge in [0.15, 0.2) is 0 Å². The largest absolute Gasteiger partial charge is 0.469 e. The van der Waals surface area contributed by atoms with Crippen LogP contribution in [0.2, 0.25) is 0 Å². The van der Waals surface area contributed by atoms with Gasteiger partial charge in [0.05, 0.1) is 36.7 Å². The van der Waals surface area contributed by atoms with Gasteiger partial charge in [-0.2, -0.15) is 5.10 Å². The van der Waals surface area contributed by atoms with Crippen LogP contribution in [0.3, 0.4) is 0 Å². The fourth-order valence-corrected chi connectivity index (χ4v) is 3.01. The molecule has 0 spiro atoms. The summed E-state index contributed by atoms with van der Waals surface area (Å²) < 4.78 is 7.11. The van der Waals surface area contributed by atoms with E-state index in [0.717, 1.165) is 32.7 Å². The first kappa shape index (κ1) is 14.8. The molecule has 0 bridgehead atoms. The van der Waals surface area contributed by atoms with Crippen molar-refractivity contribution in [3.05, 3.63) is 40.2 Å². The molecule has 0 aliphatic carbocycles. The first-order valence-corrected chi connectivity index (χ1v) is 7.87. The Balaban J connectivity index is 1.82. The van der Waals surface area contributed by atoms with E-state index in [1.807, 2.05) is 32.2 Å². The number of hydrogen-bond acceptors (Lipinski definition) is 6. The number of nitrogens with zero attached hydrogens (tertiary/aromatic N) is 3. The summed E-state index contributed by atoms with van der Waals surface area (Å²) in [7, 11) is 0. The van der Waals surface area contributed by atoms with Gasteiger partial charge in [-0.1, -0.05) is 0 Å². The second kappa shape index (κ2) is 6.33. The van der Waals surface area contributed by atoms with Crippen LogP contribution in [-0.2, 0) is 13.1 Å². The molecule has 3 heterocycles. The van der Waals surface area contributed by atoms with E-state index in [0.29, 0.717) is 13.1 Å². The molecule has 0 saturated carbocycles. The molecule has 3 aromatic heterocycles. The molecule has 22 heavy (non-hydrogen) atoms. The second-order valence-corrected chi connectivity index (χ2v) is 6.27. The highest BCUT2D eigenvalue weighted by Crippen LogP contribution is 2.26. The summed E-state index contributed by atoms with van der Waals surface area (Å²) in [4.78, 5) is 5.41. The summed E-state index contributed by atoms with van der Waals surface area (Å²) in [6, 6.07) is 3.87. The molecule has 0 saturated heterocycles. The van der Waals surface area contributed by atoms with Gasteiger partial charge in [-0.3, -0.25) is 0 Å². The molecule has 2 N–H and O–H groups in total. The van der Waals surface area contributed by atoms with Crippen molar-refractivity contribution in [1.29, 1.82) is 0 Å². The summed E-state index contributed by atoms with van der Waals surface area (Å²) in [6.45, 7) is 5.07. The average molecular weight is 318 g/mol. The van der Waals surface area contributed by atoms with E-state index >= 15 is 0 Å². The number of aliphatic hydroxyl groups is 1. The van der Waals surface area contributed by atoms with Crippen molar-refractivity contribution in [3.63, 3.8) is 0 Å². The van der Waals surface area contributed by atoms with Crippen molar-refractivity contribution in [2.75, 3.05) is 11.9 Å². The van der Waals surface area contributed by atoms with Crippen LogP contribution in [-0.4, -0.2) is 26.5 Å². The van der Waals surface area contributed by atoms with Crippen molar-refractivity contribution in [2.24, 2.45) is 0 Å². The van der Waals surface area contributed by atoms with Crippen molar-refractivity contribution in [3.8, 4) is 11.3 Å². The Kier molecular flexibility index (Phi) is 4.26. The molecule has 0 atom stereocenters. The van der Waals surface area contributed by atoms with E-state index in [9.17, 15) is 5.11 Å². The summed E-state index contributed by atoms with van der Waals surface area (Å²) in [6.07, 6.45) is 3.53. The third-order valence-electron chi connectivity index (χ3n) is 3.34. The van der Waals surface area contributed by atoms with E-state index in [1.54, 1.807) is 22.3 Å². The molecule has 0 aliphatic heterocycles. The number of aliphatic hydroxyl groups excluding tert-OH is 1. The Bertz CT molecular complexity index is 759. The number of aromatic nitrogens is 3. The summed E-state index contributed by atoms with van der Waals surface area (Å²) >= 11 is 1.67. The molecule has 3 aromatic rings. The minimum atomic E-state index is 0.0415. The highest BCUT2D eigenvalue weighted by molar-refractivity contribution is 7.11. The Labute approximate surface area is 132 Å². The number of furan rings is 1. The third kappa shape index (κ3) is 3.05. The molecule has 0 aliphatic rings. The maximum absolute atomic E-state index is 9.21. The van der Waals surface area contributed by atoms with Crippen LogP contribution in [0.1, 0.15) is 15.6 Å². The van der Waals surface area contributed by atoms with Gasteiger partial charge in [0.25, 0.3) is 0 Å². The van der Waals surface area contributed by atoms with Crippen molar-refractivity contribution >= 4 is 17.2 Å². The summed E-state index contributed by atoms with van der Waals surface area (Å²) in [5.74, 6) is 1.70. The molecular weight excluding hydrogens is 300 g/mol. The number of anilines is 1. The molecule has 3 rings (SSSR count). The van der Waals surface area contributed by atoms with E-state index in [2.05, 4.69) is 15.4 Å². The number of rotatable bonds is 6. The molecule has 0 aromatic carbocycles. The molecule has 0 fully saturated rings. The first-order valence-electron chi connectivity index (χ1n) is 7.05. The predicted molar refractivity (Wildman–Crippen MR) is 85.9 cm³/mol. The highest BCUT2D eigenvalue weighted by Gasteiger charge is 2.13. The zero-order valence-electron chi connectivity index (χ0n) is 12.5. The fourth-order valence-electron chi connectivity index (χ4n) is 2.27. The Hall–Kier alpha value is -2.12. The molecule has 6 nitrogen and oxygen atoms in total. The lowest BCUT2D eigenvalue weighted by atomic mass is 10.2. The maximum Gasteiger partial charge on any atom is 0.125 e. The molecule has 0 unspecified atom stereocenters. The fraction of sp³-hybridized carbons (Fsp3) is 0.333. The SMILES string of the molecule is Cc1ncc(CNc2cc(-c3ccoc3C)nn2CCO)s1. The second-order valence-electron chi connectivity index (χ2n) is 4.95. The summed E-state index contributed by atoms with van der Waals surface area (Å²) in [5, 5.41) is 18.2.